The number of fused-ring (bicyclic) bond motifs is 4. The van der Waals surface area contributed by atoms with Crippen LogP contribution in [0.2, 0.25) is 0 Å². The minimum Gasteiger partial charge on any atom is -0.481 e. The van der Waals surface area contributed by atoms with Crippen molar-refractivity contribution >= 4 is 18.0 Å². The number of hydrogen-bond acceptors (Lipinski definition) is 5. The van der Waals surface area contributed by atoms with Gasteiger partial charge in [0.15, 0.2) is 0 Å². The van der Waals surface area contributed by atoms with Crippen LogP contribution in [0.3, 0.4) is 0 Å². The Morgan fingerprint density at radius 3 is 2.37 bits per heavy atom. The molecular formula is C27H30N2O6. The normalized spacial score (nSPS) is 21.5. The molecule has 1 aliphatic carbocycles. The molecule has 0 bridgehead atoms. The van der Waals surface area contributed by atoms with Crippen molar-refractivity contribution in [1.82, 2.24) is 10.2 Å². The molecule has 0 spiro atoms. The highest BCUT2D eigenvalue weighted by atomic mass is 16.5. The van der Waals surface area contributed by atoms with Crippen LogP contribution in [-0.4, -0.2) is 66.9 Å². The second-order valence-electron chi connectivity index (χ2n) is 9.59. The monoisotopic (exact) mass is 478 g/mol. The van der Waals surface area contributed by atoms with Crippen molar-refractivity contribution in [2.24, 2.45) is 11.8 Å². The standard InChI is InChI=1S/C27H30N2O6/c30-25(31)10-9-24(26(32)29-12-11-17-14-34-15-18(17)13-29)28-27(33)35-16-23-21-7-3-1-5-19(21)20-6-2-4-8-22(20)23/h1-8,17-18,23-24H,9-16H2,(H,28,33)(H,30,31). The molecular weight excluding hydrogens is 448 g/mol. The Labute approximate surface area is 204 Å². The van der Waals surface area contributed by atoms with Crippen LogP contribution in [-0.2, 0) is 19.1 Å². The minimum absolute atomic E-state index is 0.0134. The maximum Gasteiger partial charge on any atom is 0.407 e. The molecule has 184 valence electrons. The summed E-state index contributed by atoms with van der Waals surface area (Å²) in [5.74, 6) is -0.609. The molecule has 2 aromatic carbocycles. The van der Waals surface area contributed by atoms with Crippen molar-refractivity contribution in [3.05, 3.63) is 59.7 Å². The average Bonchev–Trinajstić information content (AvgIpc) is 3.47. The first-order chi connectivity index (χ1) is 17.0. The zero-order valence-corrected chi connectivity index (χ0v) is 19.5. The van der Waals surface area contributed by atoms with Gasteiger partial charge in [-0.2, -0.15) is 0 Å². The van der Waals surface area contributed by atoms with Crippen LogP contribution in [0.4, 0.5) is 4.79 Å². The van der Waals surface area contributed by atoms with E-state index in [4.69, 9.17) is 14.6 Å². The number of amides is 2. The molecule has 0 aromatic heterocycles. The number of piperidine rings is 1. The lowest BCUT2D eigenvalue weighted by Crippen LogP contribution is -2.52. The van der Waals surface area contributed by atoms with E-state index < -0.39 is 18.1 Å². The van der Waals surface area contributed by atoms with E-state index in [0.717, 1.165) is 35.3 Å². The van der Waals surface area contributed by atoms with E-state index in [0.29, 0.717) is 31.5 Å². The zero-order chi connectivity index (χ0) is 24.4. The Hall–Kier alpha value is -3.39. The molecule has 2 heterocycles. The first-order valence-electron chi connectivity index (χ1n) is 12.2. The number of carbonyl (C=O) groups excluding carboxylic acids is 2. The summed E-state index contributed by atoms with van der Waals surface area (Å²) in [6.45, 7) is 2.64. The van der Waals surface area contributed by atoms with Gasteiger partial charge in [0, 0.05) is 38.0 Å². The average molecular weight is 479 g/mol. The number of nitrogens with one attached hydrogen (secondary N) is 1. The van der Waals surface area contributed by atoms with Gasteiger partial charge in [-0.05, 0) is 41.0 Å². The van der Waals surface area contributed by atoms with Crippen LogP contribution in [0.5, 0.6) is 0 Å². The third kappa shape index (κ3) is 4.89. The highest BCUT2D eigenvalue weighted by Gasteiger charge is 2.38. The van der Waals surface area contributed by atoms with Crippen molar-refractivity contribution in [3.63, 3.8) is 0 Å². The Kier molecular flexibility index (Phi) is 6.72. The highest BCUT2D eigenvalue weighted by molar-refractivity contribution is 5.86. The maximum absolute atomic E-state index is 13.2. The molecule has 3 unspecified atom stereocenters. The SMILES string of the molecule is O=C(O)CCC(NC(=O)OCC1c2ccccc2-c2ccccc21)C(=O)N1CCC2COCC2C1. The Balaban J connectivity index is 1.24. The zero-order valence-electron chi connectivity index (χ0n) is 19.5. The summed E-state index contributed by atoms with van der Waals surface area (Å²) >= 11 is 0. The van der Waals surface area contributed by atoms with Crippen LogP contribution < -0.4 is 5.32 Å². The number of carbonyl (C=O) groups is 3. The van der Waals surface area contributed by atoms with Gasteiger partial charge in [-0.15, -0.1) is 0 Å². The Morgan fingerprint density at radius 2 is 1.69 bits per heavy atom. The molecule has 5 rings (SSSR count). The van der Waals surface area contributed by atoms with Gasteiger partial charge in [-0.3, -0.25) is 9.59 Å². The molecule has 0 saturated carbocycles. The maximum atomic E-state index is 13.2. The van der Waals surface area contributed by atoms with Gasteiger partial charge >= 0.3 is 12.1 Å². The Morgan fingerprint density at radius 1 is 1.03 bits per heavy atom. The molecule has 8 heteroatoms. The smallest absolute Gasteiger partial charge is 0.407 e. The van der Waals surface area contributed by atoms with Gasteiger partial charge in [-0.25, -0.2) is 4.79 Å². The fourth-order valence-corrected chi connectivity index (χ4v) is 5.59. The second kappa shape index (κ2) is 10.1. The van der Waals surface area contributed by atoms with E-state index in [1.54, 1.807) is 4.90 Å². The molecule has 35 heavy (non-hydrogen) atoms. The molecule has 2 amide bonds. The number of ether oxygens (including phenoxy) is 2. The number of benzene rings is 2. The van der Waals surface area contributed by atoms with Gasteiger partial charge in [0.25, 0.3) is 0 Å². The van der Waals surface area contributed by atoms with Gasteiger partial charge in [0.2, 0.25) is 5.91 Å². The molecule has 3 aliphatic rings. The number of nitrogens with zero attached hydrogens (tertiary/aromatic N) is 1. The summed E-state index contributed by atoms with van der Waals surface area (Å²) in [4.78, 5) is 38.9. The molecule has 2 fully saturated rings. The van der Waals surface area contributed by atoms with Crippen molar-refractivity contribution < 1.29 is 29.0 Å². The Bertz CT molecular complexity index is 1070. The second-order valence-corrected chi connectivity index (χ2v) is 9.59. The lowest BCUT2D eigenvalue weighted by Gasteiger charge is -2.36. The molecule has 0 radical (unpaired) electrons. The van der Waals surface area contributed by atoms with Crippen LogP contribution in [0.25, 0.3) is 11.1 Å². The van der Waals surface area contributed by atoms with E-state index >= 15 is 0 Å². The predicted molar refractivity (Wildman–Crippen MR) is 128 cm³/mol. The van der Waals surface area contributed by atoms with Crippen LogP contribution in [0, 0.1) is 11.8 Å². The minimum atomic E-state index is -1.01. The topological polar surface area (TPSA) is 105 Å². The predicted octanol–water partition coefficient (Wildman–Crippen LogP) is 3.25. The third-order valence-corrected chi connectivity index (χ3v) is 7.45. The van der Waals surface area contributed by atoms with Gasteiger partial charge in [0.1, 0.15) is 12.6 Å². The van der Waals surface area contributed by atoms with Crippen molar-refractivity contribution in [2.75, 3.05) is 32.9 Å². The number of carboxylic acids is 1. The van der Waals surface area contributed by atoms with Crippen molar-refractivity contribution in [1.29, 1.82) is 0 Å². The first kappa shape index (κ1) is 23.4. The van der Waals surface area contributed by atoms with E-state index in [2.05, 4.69) is 17.4 Å². The number of hydrogen-bond donors (Lipinski definition) is 2. The molecule has 2 aliphatic heterocycles. The van der Waals surface area contributed by atoms with E-state index in [1.165, 1.54) is 0 Å². The lowest BCUT2D eigenvalue weighted by atomic mass is 9.88. The summed E-state index contributed by atoms with van der Waals surface area (Å²) in [6.07, 6.45) is -0.0649. The largest absolute Gasteiger partial charge is 0.481 e. The number of alkyl carbamates (subject to hydrolysis) is 1. The molecule has 2 aromatic rings. The van der Waals surface area contributed by atoms with Crippen LogP contribution in [0.15, 0.2) is 48.5 Å². The van der Waals surface area contributed by atoms with Gasteiger partial charge < -0.3 is 24.8 Å². The quantitative estimate of drug-likeness (QED) is 0.633. The number of carboxylic acid groups (broad SMARTS) is 1. The third-order valence-electron chi connectivity index (χ3n) is 7.45. The fraction of sp³-hybridized carbons (Fsp3) is 0.444. The number of rotatable bonds is 7. The summed E-state index contributed by atoms with van der Waals surface area (Å²) in [6, 6.07) is 15.2. The van der Waals surface area contributed by atoms with Crippen LogP contribution in [0.1, 0.15) is 36.3 Å². The summed E-state index contributed by atoms with van der Waals surface area (Å²) in [5.41, 5.74) is 4.46. The lowest BCUT2D eigenvalue weighted by molar-refractivity contribution is -0.138. The summed E-state index contributed by atoms with van der Waals surface area (Å²) < 4.78 is 11.1. The summed E-state index contributed by atoms with van der Waals surface area (Å²) in [5, 5.41) is 11.8. The fourth-order valence-electron chi connectivity index (χ4n) is 5.59. The molecule has 2 saturated heterocycles. The molecule has 2 N–H and O–H groups in total. The summed E-state index contributed by atoms with van der Waals surface area (Å²) in [7, 11) is 0. The van der Waals surface area contributed by atoms with E-state index in [1.807, 2.05) is 36.4 Å². The van der Waals surface area contributed by atoms with Gasteiger partial charge in [0.05, 0.1) is 6.61 Å². The van der Waals surface area contributed by atoms with Crippen molar-refractivity contribution in [3.8, 4) is 11.1 Å². The van der Waals surface area contributed by atoms with Crippen LogP contribution >= 0.6 is 0 Å². The number of aliphatic carboxylic acids is 1. The number of likely N-dealkylation sites (tertiary alicyclic amines) is 1. The first-order valence-corrected chi connectivity index (χ1v) is 12.2. The van der Waals surface area contributed by atoms with E-state index in [9.17, 15) is 14.4 Å². The molecule has 3 atom stereocenters. The van der Waals surface area contributed by atoms with E-state index in [-0.39, 0.29) is 31.3 Å². The highest BCUT2D eigenvalue weighted by Crippen LogP contribution is 2.44. The molecule has 8 nitrogen and oxygen atoms in total. The van der Waals surface area contributed by atoms with Crippen molar-refractivity contribution in [2.45, 2.75) is 31.2 Å². The van der Waals surface area contributed by atoms with Gasteiger partial charge in [-0.1, -0.05) is 48.5 Å².